The van der Waals surface area contributed by atoms with Crippen molar-refractivity contribution in [3.63, 3.8) is 0 Å². The van der Waals surface area contributed by atoms with Gasteiger partial charge in [0.1, 0.15) is 16.4 Å². The van der Waals surface area contributed by atoms with Crippen LogP contribution in [0.25, 0.3) is 0 Å². The number of aliphatic hydroxyl groups is 2. The Balaban J connectivity index is 1.69. The molecule has 3 N–H and O–H groups in total. The van der Waals surface area contributed by atoms with Crippen LogP contribution in [0.15, 0.2) is 21.7 Å². The molecule has 2 aliphatic rings. The highest BCUT2D eigenvalue weighted by atomic mass is 32.2. The third kappa shape index (κ3) is 3.81. The van der Waals surface area contributed by atoms with E-state index in [1.807, 2.05) is 4.90 Å². The molecule has 0 spiro atoms. The van der Waals surface area contributed by atoms with Gasteiger partial charge < -0.3 is 19.7 Å². The maximum absolute atomic E-state index is 12.3. The fourth-order valence-electron chi connectivity index (χ4n) is 3.15. The molecule has 0 saturated carbocycles. The van der Waals surface area contributed by atoms with E-state index in [4.69, 9.17) is 9.47 Å². The van der Waals surface area contributed by atoms with Crippen molar-refractivity contribution >= 4 is 21.4 Å². The summed E-state index contributed by atoms with van der Waals surface area (Å²) in [5.41, 5.74) is 0. The van der Waals surface area contributed by atoms with Crippen LogP contribution >= 0.6 is 11.3 Å². The summed E-state index contributed by atoms with van der Waals surface area (Å²) < 4.78 is 38.3. The van der Waals surface area contributed by atoms with Gasteiger partial charge in [0.2, 0.25) is 10.0 Å². The normalized spacial score (nSPS) is 32.2. The molecule has 0 radical (unpaired) electrons. The van der Waals surface area contributed by atoms with Gasteiger partial charge in [0.05, 0.1) is 32.0 Å². The van der Waals surface area contributed by atoms with Crippen LogP contribution in [0.3, 0.4) is 0 Å². The summed E-state index contributed by atoms with van der Waals surface area (Å²) >= 11 is 1.14. The van der Waals surface area contributed by atoms with Gasteiger partial charge in [-0.1, -0.05) is 6.07 Å². The molecule has 3 heterocycles. The molecule has 8 nitrogen and oxygen atoms in total. The van der Waals surface area contributed by atoms with Crippen LogP contribution in [0.1, 0.15) is 0 Å². The lowest BCUT2D eigenvalue weighted by atomic mass is 10.0. The van der Waals surface area contributed by atoms with Crippen molar-refractivity contribution in [2.24, 2.45) is 0 Å². The summed E-state index contributed by atoms with van der Waals surface area (Å²) in [6.45, 7) is 2.11. The molecule has 136 valence electrons. The molecular weight excluding hydrogens is 356 g/mol. The highest BCUT2D eigenvalue weighted by Gasteiger charge is 2.46. The first kappa shape index (κ1) is 18.2. The lowest BCUT2D eigenvalue weighted by Crippen LogP contribution is -2.54. The Bertz CT molecular complexity index is 617. The van der Waals surface area contributed by atoms with Crippen molar-refractivity contribution in [1.29, 1.82) is 0 Å². The number of aliphatic hydroxyl groups excluding tert-OH is 2. The molecule has 0 amide bonds. The molecule has 0 aromatic carbocycles. The van der Waals surface area contributed by atoms with Crippen LogP contribution in [-0.4, -0.2) is 87.3 Å². The highest BCUT2D eigenvalue weighted by molar-refractivity contribution is 7.91. The highest BCUT2D eigenvalue weighted by Crippen LogP contribution is 2.27. The van der Waals surface area contributed by atoms with Crippen molar-refractivity contribution < 1.29 is 28.1 Å². The number of ether oxygens (including phenoxy) is 2. The van der Waals surface area contributed by atoms with E-state index in [-0.39, 0.29) is 23.4 Å². The van der Waals surface area contributed by atoms with E-state index in [1.165, 1.54) is 6.07 Å². The van der Waals surface area contributed by atoms with E-state index in [0.29, 0.717) is 26.3 Å². The van der Waals surface area contributed by atoms with Crippen molar-refractivity contribution in [3.8, 4) is 0 Å². The zero-order chi connectivity index (χ0) is 17.2. The number of hydrogen-bond donors (Lipinski definition) is 3. The van der Waals surface area contributed by atoms with E-state index in [1.54, 1.807) is 11.4 Å². The van der Waals surface area contributed by atoms with Crippen LogP contribution in [0.5, 0.6) is 0 Å². The number of nitrogens with one attached hydrogen (secondary N) is 1. The fourth-order valence-corrected chi connectivity index (χ4v) is 5.23. The van der Waals surface area contributed by atoms with Gasteiger partial charge in [-0.3, -0.25) is 4.90 Å². The zero-order valence-corrected chi connectivity index (χ0v) is 14.7. The van der Waals surface area contributed by atoms with E-state index in [9.17, 15) is 18.6 Å². The third-order valence-corrected chi connectivity index (χ3v) is 7.16. The molecule has 0 bridgehead atoms. The monoisotopic (exact) mass is 378 g/mol. The van der Waals surface area contributed by atoms with Gasteiger partial charge in [-0.2, -0.15) is 0 Å². The van der Waals surface area contributed by atoms with Crippen molar-refractivity contribution in [1.82, 2.24) is 9.62 Å². The quantitative estimate of drug-likeness (QED) is 0.573. The zero-order valence-electron chi connectivity index (χ0n) is 13.1. The molecule has 1 aromatic heterocycles. The van der Waals surface area contributed by atoms with E-state index in [0.717, 1.165) is 11.3 Å². The molecule has 1 aromatic rings. The number of rotatable bonds is 6. The summed E-state index contributed by atoms with van der Waals surface area (Å²) in [5, 5.41) is 21.5. The van der Waals surface area contributed by atoms with Crippen LogP contribution in [-0.2, 0) is 19.5 Å². The van der Waals surface area contributed by atoms with Crippen LogP contribution in [0.4, 0.5) is 0 Å². The third-order valence-electron chi connectivity index (χ3n) is 4.34. The summed E-state index contributed by atoms with van der Waals surface area (Å²) in [6, 6.07) is 2.83. The lowest BCUT2D eigenvalue weighted by Gasteiger charge is -2.36. The molecule has 4 unspecified atom stereocenters. The van der Waals surface area contributed by atoms with Crippen LogP contribution < -0.4 is 4.72 Å². The van der Waals surface area contributed by atoms with Crippen molar-refractivity contribution in [2.45, 2.75) is 28.6 Å². The standard InChI is InChI=1S/C14H22N2O6S2/c17-9-11-14(18)13(16-3-5-21-6-4-16)10(22-11)8-15-24(19,20)12-2-1-7-23-12/h1-2,7,10-11,13-15,17-18H,3-6,8-9H2. The number of thiophene rings is 1. The Kier molecular flexibility index (Phi) is 5.88. The molecule has 2 fully saturated rings. The smallest absolute Gasteiger partial charge is 0.250 e. The maximum Gasteiger partial charge on any atom is 0.250 e. The van der Waals surface area contributed by atoms with Gasteiger partial charge in [-0.05, 0) is 11.4 Å². The second-order valence-corrected chi connectivity index (χ2v) is 8.75. The Hall–Kier alpha value is -0.590. The maximum atomic E-state index is 12.3. The Morgan fingerprint density at radius 2 is 2.08 bits per heavy atom. The molecule has 2 aliphatic heterocycles. The van der Waals surface area contributed by atoms with Crippen molar-refractivity contribution in [2.75, 3.05) is 39.5 Å². The number of hydrogen-bond acceptors (Lipinski definition) is 8. The average Bonchev–Trinajstić information content (AvgIpc) is 3.22. The first-order valence-electron chi connectivity index (χ1n) is 7.82. The van der Waals surface area contributed by atoms with E-state index >= 15 is 0 Å². The summed E-state index contributed by atoms with van der Waals surface area (Å²) in [7, 11) is -3.60. The largest absolute Gasteiger partial charge is 0.394 e. The summed E-state index contributed by atoms with van der Waals surface area (Å²) in [5.74, 6) is 0. The SMILES string of the molecule is O=S(=O)(NCC1OC(CO)C(O)C1N1CCOCC1)c1cccs1. The van der Waals surface area contributed by atoms with Crippen LogP contribution in [0, 0.1) is 0 Å². The minimum Gasteiger partial charge on any atom is -0.394 e. The minimum absolute atomic E-state index is 0.0375. The number of sulfonamides is 1. The molecule has 2 saturated heterocycles. The molecule has 24 heavy (non-hydrogen) atoms. The average molecular weight is 378 g/mol. The predicted octanol–water partition coefficient (Wildman–Crippen LogP) is -1.15. The van der Waals surface area contributed by atoms with Gasteiger partial charge in [-0.25, -0.2) is 13.1 Å². The molecule has 10 heteroatoms. The van der Waals surface area contributed by atoms with Gasteiger partial charge in [0, 0.05) is 19.6 Å². The molecule has 3 rings (SSSR count). The van der Waals surface area contributed by atoms with Gasteiger partial charge in [0.15, 0.2) is 0 Å². The van der Waals surface area contributed by atoms with Gasteiger partial charge in [-0.15, -0.1) is 11.3 Å². The second-order valence-electron chi connectivity index (χ2n) is 5.81. The molecular formula is C14H22N2O6S2. The fraction of sp³-hybridized carbons (Fsp3) is 0.714. The van der Waals surface area contributed by atoms with E-state index < -0.39 is 28.3 Å². The molecule has 4 atom stereocenters. The van der Waals surface area contributed by atoms with Crippen LogP contribution in [0.2, 0.25) is 0 Å². The Morgan fingerprint density at radius 3 is 2.71 bits per heavy atom. The molecule has 0 aliphatic carbocycles. The Morgan fingerprint density at radius 1 is 1.33 bits per heavy atom. The van der Waals surface area contributed by atoms with Gasteiger partial charge in [0.25, 0.3) is 0 Å². The topological polar surface area (TPSA) is 108 Å². The van der Waals surface area contributed by atoms with Crippen molar-refractivity contribution in [3.05, 3.63) is 17.5 Å². The first-order chi connectivity index (χ1) is 11.5. The Labute approximate surface area is 145 Å². The lowest BCUT2D eigenvalue weighted by molar-refractivity contribution is -0.0207. The first-order valence-corrected chi connectivity index (χ1v) is 10.2. The second kappa shape index (κ2) is 7.75. The summed E-state index contributed by atoms with van der Waals surface area (Å²) in [4.78, 5) is 2.04. The predicted molar refractivity (Wildman–Crippen MR) is 87.4 cm³/mol. The van der Waals surface area contributed by atoms with Gasteiger partial charge >= 0.3 is 0 Å². The number of morpholine rings is 1. The minimum atomic E-state index is -3.60. The summed E-state index contributed by atoms with van der Waals surface area (Å²) in [6.07, 6.45) is -2.12. The van der Waals surface area contributed by atoms with E-state index in [2.05, 4.69) is 4.72 Å². The number of nitrogens with zero attached hydrogens (tertiary/aromatic N) is 1.